The number of hydrogen-bond donors (Lipinski definition) is 2. The number of fused-ring (bicyclic) bond motifs is 1. The van der Waals surface area contributed by atoms with Crippen molar-refractivity contribution in [3.8, 4) is 0 Å². The van der Waals surface area contributed by atoms with Crippen molar-refractivity contribution in [2.24, 2.45) is 0 Å². The van der Waals surface area contributed by atoms with Crippen LogP contribution in [0.3, 0.4) is 0 Å². The van der Waals surface area contributed by atoms with Crippen molar-refractivity contribution in [1.82, 2.24) is 5.32 Å². The fraction of sp³-hybridized carbons (Fsp3) is 0.200. The lowest BCUT2D eigenvalue weighted by molar-refractivity contribution is -0.140. The number of allylic oxidation sites excluding steroid dienone is 1. The monoisotopic (exact) mass is 319 g/mol. The molecule has 1 amide bonds. The molecule has 22 heavy (non-hydrogen) atoms. The molecule has 0 aromatic heterocycles. The Balaban J connectivity index is 2.20. The number of carboxylic acids is 1. The average Bonchev–Trinajstić information content (AvgIpc) is 2.47. The third-order valence-corrected chi connectivity index (χ3v) is 4.15. The molecule has 0 unspecified atom stereocenters. The lowest BCUT2D eigenvalue weighted by atomic mass is 9.95. The molecule has 1 aromatic carbocycles. The van der Waals surface area contributed by atoms with E-state index >= 15 is 0 Å². The van der Waals surface area contributed by atoms with Crippen molar-refractivity contribution < 1.29 is 24.3 Å². The van der Waals surface area contributed by atoms with Crippen molar-refractivity contribution in [1.29, 1.82) is 0 Å². The number of Topliss-reactive ketones (excluding diaryl/α,β-unsaturated/α-hetero) is 1. The van der Waals surface area contributed by atoms with Gasteiger partial charge in [-0.25, -0.2) is 4.79 Å². The van der Waals surface area contributed by atoms with Gasteiger partial charge in [0.1, 0.15) is 6.04 Å². The van der Waals surface area contributed by atoms with Crippen LogP contribution in [0, 0.1) is 0 Å². The first-order valence-corrected chi connectivity index (χ1v) is 7.41. The number of carbonyl (C=O) groups is 4. The number of hydrogen-bond acceptors (Lipinski definition) is 5. The standard InChI is InChI=1S/C15H13NO5S/c1-8(17)16-11(15(20)21)7-22-13-6-12(18)14(19)10-5-3-2-4-9(10)13/h2-6,11H,7H2,1H3,(H,16,17)(H,20,21)/t11-/m1/s1. The lowest BCUT2D eigenvalue weighted by Crippen LogP contribution is -2.41. The smallest absolute Gasteiger partial charge is 0.327 e. The van der Waals surface area contributed by atoms with Gasteiger partial charge in [0.2, 0.25) is 17.5 Å². The summed E-state index contributed by atoms with van der Waals surface area (Å²) in [7, 11) is 0. The minimum Gasteiger partial charge on any atom is -0.480 e. The van der Waals surface area contributed by atoms with Crippen LogP contribution in [0.4, 0.5) is 0 Å². The molecule has 0 bridgehead atoms. The Labute approximate surface area is 130 Å². The fourth-order valence-electron chi connectivity index (χ4n) is 2.00. The van der Waals surface area contributed by atoms with Gasteiger partial charge in [-0.2, -0.15) is 0 Å². The Kier molecular flexibility index (Phi) is 4.77. The first kappa shape index (κ1) is 16.0. The number of carboxylic acid groups (broad SMARTS) is 1. The molecule has 0 saturated carbocycles. The average molecular weight is 319 g/mol. The second-order valence-corrected chi connectivity index (χ2v) is 5.71. The predicted molar refractivity (Wildman–Crippen MR) is 81.5 cm³/mol. The van der Waals surface area contributed by atoms with Gasteiger partial charge in [-0.05, 0) is 5.56 Å². The quantitative estimate of drug-likeness (QED) is 0.789. The molecule has 0 saturated heterocycles. The summed E-state index contributed by atoms with van der Waals surface area (Å²) in [4.78, 5) is 46.1. The van der Waals surface area contributed by atoms with Crippen molar-refractivity contribution >= 4 is 40.1 Å². The van der Waals surface area contributed by atoms with Gasteiger partial charge in [0, 0.05) is 29.2 Å². The third kappa shape index (κ3) is 3.43. The van der Waals surface area contributed by atoms with Crippen LogP contribution in [-0.4, -0.2) is 40.3 Å². The molecule has 0 spiro atoms. The second-order valence-electron chi connectivity index (χ2n) is 4.65. The van der Waals surface area contributed by atoms with E-state index in [1.807, 2.05) is 0 Å². The molecule has 1 aliphatic carbocycles. The first-order chi connectivity index (χ1) is 10.4. The highest BCUT2D eigenvalue weighted by atomic mass is 32.2. The Morgan fingerprint density at radius 3 is 2.45 bits per heavy atom. The van der Waals surface area contributed by atoms with Crippen molar-refractivity contribution in [2.75, 3.05) is 5.75 Å². The Morgan fingerprint density at radius 2 is 1.86 bits per heavy atom. The van der Waals surface area contributed by atoms with Crippen LogP contribution in [0.2, 0.25) is 0 Å². The molecule has 0 heterocycles. The van der Waals surface area contributed by atoms with E-state index < -0.39 is 29.5 Å². The number of ketones is 2. The van der Waals surface area contributed by atoms with Gasteiger partial charge in [-0.3, -0.25) is 14.4 Å². The summed E-state index contributed by atoms with van der Waals surface area (Å²) in [5.41, 5.74) is 0.910. The zero-order valence-corrected chi connectivity index (χ0v) is 12.5. The topological polar surface area (TPSA) is 101 Å². The summed E-state index contributed by atoms with van der Waals surface area (Å²) in [6.07, 6.45) is 1.21. The maximum atomic E-state index is 11.8. The normalized spacial score (nSPS) is 14.9. The van der Waals surface area contributed by atoms with E-state index in [2.05, 4.69) is 5.32 Å². The molecule has 7 heteroatoms. The molecule has 1 aliphatic rings. The highest BCUT2D eigenvalue weighted by Gasteiger charge is 2.27. The molecule has 0 radical (unpaired) electrons. The van der Waals surface area contributed by atoms with Crippen LogP contribution < -0.4 is 5.32 Å². The largest absolute Gasteiger partial charge is 0.480 e. The summed E-state index contributed by atoms with van der Waals surface area (Å²) in [6.45, 7) is 1.23. The lowest BCUT2D eigenvalue weighted by Gasteiger charge is -2.18. The zero-order chi connectivity index (χ0) is 16.3. The number of rotatable bonds is 5. The Hall–Kier alpha value is -2.41. The van der Waals surface area contributed by atoms with E-state index in [0.717, 1.165) is 11.8 Å². The van der Waals surface area contributed by atoms with E-state index in [-0.39, 0.29) is 5.75 Å². The van der Waals surface area contributed by atoms with Crippen LogP contribution in [0.5, 0.6) is 0 Å². The number of benzene rings is 1. The molecule has 0 aliphatic heterocycles. The summed E-state index contributed by atoms with van der Waals surface area (Å²) in [5, 5.41) is 11.4. The Morgan fingerprint density at radius 1 is 1.23 bits per heavy atom. The minimum absolute atomic E-state index is 0.0521. The highest BCUT2D eigenvalue weighted by molar-refractivity contribution is 8.08. The van der Waals surface area contributed by atoms with Gasteiger partial charge in [0.05, 0.1) is 0 Å². The number of nitrogens with one attached hydrogen (secondary N) is 1. The van der Waals surface area contributed by atoms with Crippen LogP contribution in [0.25, 0.3) is 4.91 Å². The van der Waals surface area contributed by atoms with E-state index in [1.165, 1.54) is 13.0 Å². The Bertz CT molecular complexity index is 695. The summed E-state index contributed by atoms with van der Waals surface area (Å²) in [6, 6.07) is 5.59. The molecular formula is C15H13NO5S. The van der Waals surface area contributed by atoms with Crippen LogP contribution in [0.1, 0.15) is 22.8 Å². The second kappa shape index (κ2) is 6.57. The molecule has 2 rings (SSSR count). The summed E-state index contributed by atoms with van der Waals surface area (Å²) >= 11 is 1.12. The van der Waals surface area contributed by atoms with Gasteiger partial charge in [0.15, 0.2) is 0 Å². The van der Waals surface area contributed by atoms with Crippen molar-refractivity contribution in [3.05, 3.63) is 41.5 Å². The SMILES string of the molecule is CC(=O)N[C@H](CSC1=CC(=O)C(=O)c2ccccc21)C(=O)O. The van der Waals surface area contributed by atoms with Crippen LogP contribution in [-0.2, 0) is 14.4 Å². The van der Waals surface area contributed by atoms with Crippen molar-refractivity contribution in [2.45, 2.75) is 13.0 Å². The molecular weight excluding hydrogens is 306 g/mol. The maximum Gasteiger partial charge on any atom is 0.327 e. The highest BCUT2D eigenvalue weighted by Crippen LogP contribution is 2.33. The maximum absolute atomic E-state index is 11.8. The van der Waals surface area contributed by atoms with Gasteiger partial charge < -0.3 is 10.4 Å². The molecule has 1 atom stereocenters. The number of carbonyl (C=O) groups excluding carboxylic acids is 3. The first-order valence-electron chi connectivity index (χ1n) is 6.42. The number of thioether (sulfide) groups is 1. The van der Waals surface area contributed by atoms with Crippen LogP contribution in [0.15, 0.2) is 30.3 Å². The molecule has 2 N–H and O–H groups in total. The molecule has 1 aromatic rings. The van der Waals surface area contributed by atoms with Gasteiger partial charge >= 0.3 is 5.97 Å². The van der Waals surface area contributed by atoms with Gasteiger partial charge in [0.25, 0.3) is 0 Å². The summed E-state index contributed by atoms with van der Waals surface area (Å²) in [5.74, 6) is -2.76. The zero-order valence-electron chi connectivity index (χ0n) is 11.7. The van der Waals surface area contributed by atoms with Gasteiger partial charge in [-0.1, -0.05) is 24.3 Å². The van der Waals surface area contributed by atoms with E-state index in [4.69, 9.17) is 5.11 Å². The molecule has 0 fully saturated rings. The number of aliphatic carboxylic acids is 1. The van der Waals surface area contributed by atoms with E-state index in [0.29, 0.717) is 16.0 Å². The van der Waals surface area contributed by atoms with Crippen molar-refractivity contribution in [3.63, 3.8) is 0 Å². The minimum atomic E-state index is -1.16. The predicted octanol–water partition coefficient (Wildman–Crippen LogP) is 1.12. The summed E-state index contributed by atoms with van der Waals surface area (Å²) < 4.78 is 0. The third-order valence-electron chi connectivity index (χ3n) is 3.00. The van der Waals surface area contributed by atoms with Crippen LogP contribution >= 0.6 is 11.8 Å². The van der Waals surface area contributed by atoms with E-state index in [1.54, 1.807) is 24.3 Å². The molecule has 114 valence electrons. The van der Waals surface area contributed by atoms with E-state index in [9.17, 15) is 19.2 Å². The van der Waals surface area contributed by atoms with Gasteiger partial charge in [-0.15, -0.1) is 11.8 Å². The molecule has 6 nitrogen and oxygen atoms in total. The number of amides is 1. The fourth-order valence-corrected chi connectivity index (χ4v) is 3.10.